The van der Waals surface area contributed by atoms with Crippen LogP contribution in [-0.4, -0.2) is 24.9 Å². The lowest BCUT2D eigenvalue weighted by Crippen LogP contribution is -2.34. The first-order valence-electron chi connectivity index (χ1n) is 8.54. The maximum absolute atomic E-state index is 13.6. The Bertz CT molecular complexity index is 840. The molecule has 1 heterocycles. The van der Waals surface area contributed by atoms with Crippen LogP contribution in [0.4, 0.5) is 10.1 Å². The second-order valence-electron chi connectivity index (χ2n) is 6.42. The van der Waals surface area contributed by atoms with Gasteiger partial charge in [-0.05, 0) is 42.7 Å². The monoisotopic (exact) mass is 374 g/mol. The molecular formula is C20H20ClFN2O2. The van der Waals surface area contributed by atoms with Crippen LogP contribution in [0, 0.1) is 18.7 Å². The second kappa shape index (κ2) is 7.87. The minimum atomic E-state index is -0.415. The van der Waals surface area contributed by atoms with Gasteiger partial charge < -0.3 is 10.2 Å². The first kappa shape index (κ1) is 18.4. The summed E-state index contributed by atoms with van der Waals surface area (Å²) in [5.74, 6) is -0.969. The van der Waals surface area contributed by atoms with Crippen molar-refractivity contribution in [2.75, 3.05) is 18.0 Å². The molecule has 2 aromatic carbocycles. The molecule has 0 spiro atoms. The van der Waals surface area contributed by atoms with Gasteiger partial charge in [-0.15, -0.1) is 0 Å². The zero-order valence-electron chi connectivity index (χ0n) is 14.5. The zero-order valence-corrected chi connectivity index (χ0v) is 15.2. The van der Waals surface area contributed by atoms with Crippen molar-refractivity contribution in [2.45, 2.75) is 19.8 Å². The molecule has 1 fully saturated rings. The van der Waals surface area contributed by atoms with Crippen molar-refractivity contribution in [3.05, 3.63) is 64.4 Å². The molecule has 1 N–H and O–H groups in total. The van der Waals surface area contributed by atoms with Gasteiger partial charge in [-0.1, -0.05) is 35.9 Å². The van der Waals surface area contributed by atoms with Crippen molar-refractivity contribution >= 4 is 29.1 Å². The Morgan fingerprint density at radius 2 is 2.04 bits per heavy atom. The molecule has 0 radical (unpaired) electrons. The average Bonchev–Trinajstić information content (AvgIpc) is 3.01. The SMILES string of the molecule is Cc1c(Cl)cccc1N1CC(C(=O)NCCc2ccccc2F)CC1=O. The van der Waals surface area contributed by atoms with E-state index >= 15 is 0 Å². The average molecular weight is 375 g/mol. The van der Waals surface area contributed by atoms with E-state index in [1.54, 1.807) is 35.2 Å². The Morgan fingerprint density at radius 1 is 1.27 bits per heavy atom. The van der Waals surface area contributed by atoms with Crippen molar-refractivity contribution < 1.29 is 14.0 Å². The number of amides is 2. The number of rotatable bonds is 5. The van der Waals surface area contributed by atoms with Gasteiger partial charge in [0.05, 0.1) is 5.92 Å². The molecular weight excluding hydrogens is 355 g/mol. The van der Waals surface area contributed by atoms with E-state index in [0.717, 1.165) is 11.3 Å². The molecule has 1 unspecified atom stereocenters. The largest absolute Gasteiger partial charge is 0.355 e. The Hall–Kier alpha value is -2.40. The lowest BCUT2D eigenvalue weighted by atomic mass is 10.1. The third kappa shape index (κ3) is 3.88. The Morgan fingerprint density at radius 3 is 2.81 bits per heavy atom. The van der Waals surface area contributed by atoms with Crippen LogP contribution in [0.5, 0.6) is 0 Å². The van der Waals surface area contributed by atoms with Gasteiger partial charge >= 0.3 is 0 Å². The van der Waals surface area contributed by atoms with E-state index < -0.39 is 5.92 Å². The lowest BCUT2D eigenvalue weighted by molar-refractivity contribution is -0.126. The quantitative estimate of drug-likeness (QED) is 0.870. The van der Waals surface area contributed by atoms with E-state index in [1.807, 2.05) is 13.0 Å². The molecule has 1 atom stereocenters. The number of nitrogens with zero attached hydrogens (tertiary/aromatic N) is 1. The maximum Gasteiger partial charge on any atom is 0.227 e. The summed E-state index contributed by atoms with van der Waals surface area (Å²) in [7, 11) is 0. The summed E-state index contributed by atoms with van der Waals surface area (Å²) in [4.78, 5) is 26.3. The van der Waals surface area contributed by atoms with Crippen molar-refractivity contribution in [3.8, 4) is 0 Å². The van der Waals surface area contributed by atoms with E-state index in [9.17, 15) is 14.0 Å². The summed E-state index contributed by atoms with van der Waals surface area (Å²) in [5.41, 5.74) is 2.12. The third-order valence-electron chi connectivity index (χ3n) is 4.68. The van der Waals surface area contributed by atoms with E-state index in [-0.39, 0.29) is 24.1 Å². The summed E-state index contributed by atoms with van der Waals surface area (Å²) in [5, 5.41) is 3.40. The van der Waals surface area contributed by atoms with Gasteiger partial charge in [-0.3, -0.25) is 9.59 Å². The van der Waals surface area contributed by atoms with Gasteiger partial charge in [-0.2, -0.15) is 0 Å². The molecule has 4 nitrogen and oxygen atoms in total. The summed E-state index contributed by atoms with van der Waals surface area (Å²) in [6.45, 7) is 2.51. The van der Waals surface area contributed by atoms with E-state index in [4.69, 9.17) is 11.6 Å². The van der Waals surface area contributed by atoms with Gasteiger partial charge in [0.1, 0.15) is 5.82 Å². The van der Waals surface area contributed by atoms with Crippen LogP contribution in [0.2, 0.25) is 5.02 Å². The number of benzene rings is 2. The molecule has 0 bridgehead atoms. The molecule has 2 amide bonds. The molecule has 136 valence electrons. The van der Waals surface area contributed by atoms with Crippen molar-refractivity contribution in [1.82, 2.24) is 5.32 Å². The van der Waals surface area contributed by atoms with E-state index in [2.05, 4.69) is 5.32 Å². The molecule has 1 aliphatic rings. The summed E-state index contributed by atoms with van der Waals surface area (Å²) >= 11 is 6.13. The molecule has 1 saturated heterocycles. The highest BCUT2D eigenvalue weighted by Crippen LogP contribution is 2.31. The molecule has 1 aliphatic heterocycles. The highest BCUT2D eigenvalue weighted by Gasteiger charge is 2.35. The molecule has 2 aromatic rings. The number of hydrogen-bond acceptors (Lipinski definition) is 2. The molecule has 0 aliphatic carbocycles. The number of halogens is 2. The lowest BCUT2D eigenvalue weighted by Gasteiger charge is -2.19. The number of carbonyl (C=O) groups excluding carboxylic acids is 2. The number of anilines is 1. The predicted molar refractivity (Wildman–Crippen MR) is 99.8 cm³/mol. The Kier molecular flexibility index (Phi) is 5.57. The van der Waals surface area contributed by atoms with Crippen LogP contribution in [0.15, 0.2) is 42.5 Å². The highest BCUT2D eigenvalue weighted by atomic mass is 35.5. The minimum Gasteiger partial charge on any atom is -0.355 e. The molecule has 6 heteroatoms. The van der Waals surface area contributed by atoms with Crippen LogP contribution >= 0.6 is 11.6 Å². The van der Waals surface area contributed by atoms with Crippen LogP contribution in [0.1, 0.15) is 17.5 Å². The van der Waals surface area contributed by atoms with Gasteiger partial charge in [0.25, 0.3) is 0 Å². The summed E-state index contributed by atoms with van der Waals surface area (Å²) < 4.78 is 13.6. The first-order valence-corrected chi connectivity index (χ1v) is 8.91. The first-order chi connectivity index (χ1) is 12.5. The fraction of sp³-hybridized carbons (Fsp3) is 0.300. The molecule has 0 saturated carbocycles. The third-order valence-corrected chi connectivity index (χ3v) is 5.09. The van der Waals surface area contributed by atoms with Gasteiger partial charge in [0.15, 0.2) is 0 Å². The van der Waals surface area contributed by atoms with Crippen LogP contribution in [0.25, 0.3) is 0 Å². The van der Waals surface area contributed by atoms with Crippen molar-refractivity contribution in [2.24, 2.45) is 5.92 Å². The summed E-state index contributed by atoms with van der Waals surface area (Å²) in [6.07, 6.45) is 0.577. The van der Waals surface area contributed by atoms with Crippen molar-refractivity contribution in [3.63, 3.8) is 0 Å². The zero-order chi connectivity index (χ0) is 18.7. The normalized spacial score (nSPS) is 16.8. The smallest absolute Gasteiger partial charge is 0.227 e. The number of hydrogen-bond donors (Lipinski definition) is 1. The number of carbonyl (C=O) groups is 2. The molecule has 26 heavy (non-hydrogen) atoms. The molecule has 3 rings (SSSR count). The van der Waals surface area contributed by atoms with Gasteiger partial charge in [0, 0.05) is 30.2 Å². The Labute approximate surface area is 157 Å². The Balaban J connectivity index is 1.59. The maximum atomic E-state index is 13.6. The topological polar surface area (TPSA) is 49.4 Å². The minimum absolute atomic E-state index is 0.0929. The van der Waals surface area contributed by atoms with Crippen LogP contribution in [0.3, 0.4) is 0 Å². The fourth-order valence-corrected chi connectivity index (χ4v) is 3.34. The standard InChI is InChI=1S/C20H20ClFN2O2/c1-13-16(21)6-4-8-18(13)24-12-15(11-19(24)25)20(26)23-10-9-14-5-2-3-7-17(14)22/h2-8,15H,9-12H2,1H3,(H,23,26). The molecule has 0 aromatic heterocycles. The predicted octanol–water partition coefficient (Wildman–Crippen LogP) is 3.50. The van der Waals surface area contributed by atoms with E-state index in [0.29, 0.717) is 30.1 Å². The van der Waals surface area contributed by atoms with Crippen LogP contribution < -0.4 is 10.2 Å². The number of nitrogens with one attached hydrogen (secondary N) is 1. The fourth-order valence-electron chi connectivity index (χ4n) is 3.17. The highest BCUT2D eigenvalue weighted by molar-refractivity contribution is 6.31. The van der Waals surface area contributed by atoms with Gasteiger partial charge in [0.2, 0.25) is 11.8 Å². The summed E-state index contributed by atoms with van der Waals surface area (Å²) in [6, 6.07) is 11.9. The van der Waals surface area contributed by atoms with Crippen LogP contribution in [-0.2, 0) is 16.0 Å². The van der Waals surface area contributed by atoms with E-state index in [1.165, 1.54) is 6.07 Å². The van der Waals surface area contributed by atoms with Crippen molar-refractivity contribution in [1.29, 1.82) is 0 Å². The van der Waals surface area contributed by atoms with Gasteiger partial charge in [-0.25, -0.2) is 4.39 Å². The second-order valence-corrected chi connectivity index (χ2v) is 6.83.